The van der Waals surface area contributed by atoms with Crippen molar-refractivity contribution in [1.29, 1.82) is 0 Å². The Morgan fingerprint density at radius 1 is 1.50 bits per heavy atom. The number of hydrogen-bond acceptors (Lipinski definition) is 3. The molecule has 0 spiro atoms. The number of anilines is 1. The second-order valence-electron chi connectivity index (χ2n) is 5.00. The number of aryl methyl sites for hydroxylation is 1. The van der Waals surface area contributed by atoms with Gasteiger partial charge in [0.25, 0.3) is 0 Å². The molecule has 0 amide bonds. The van der Waals surface area contributed by atoms with Gasteiger partial charge in [-0.3, -0.25) is 0 Å². The number of halogens is 1. The van der Waals surface area contributed by atoms with E-state index in [0.717, 1.165) is 25.0 Å². The van der Waals surface area contributed by atoms with Crippen LogP contribution in [0.3, 0.4) is 0 Å². The average molecular weight is 248 g/mol. The lowest BCUT2D eigenvalue weighted by atomic mass is 10.1. The van der Waals surface area contributed by atoms with Crippen molar-refractivity contribution < 1.29 is 8.81 Å². The summed E-state index contributed by atoms with van der Waals surface area (Å²) >= 11 is 0. The zero-order valence-electron chi connectivity index (χ0n) is 10.7. The molecule has 0 unspecified atom stereocenters. The predicted molar refractivity (Wildman–Crippen MR) is 70.6 cm³/mol. The fourth-order valence-corrected chi connectivity index (χ4v) is 2.63. The van der Waals surface area contributed by atoms with Gasteiger partial charge in [0.1, 0.15) is 5.69 Å². The van der Waals surface area contributed by atoms with Gasteiger partial charge in [0, 0.05) is 31.1 Å². The zero-order chi connectivity index (χ0) is 12.7. The van der Waals surface area contributed by atoms with Crippen LogP contribution in [0.2, 0.25) is 0 Å². The van der Waals surface area contributed by atoms with E-state index in [0.29, 0.717) is 22.9 Å². The van der Waals surface area contributed by atoms with Crippen molar-refractivity contribution in [2.24, 2.45) is 0 Å². The van der Waals surface area contributed by atoms with Crippen molar-refractivity contribution in [1.82, 2.24) is 5.32 Å². The van der Waals surface area contributed by atoms with Crippen LogP contribution in [0.4, 0.5) is 10.1 Å². The van der Waals surface area contributed by atoms with Gasteiger partial charge in [0.2, 0.25) is 0 Å². The highest BCUT2D eigenvalue weighted by Gasteiger charge is 2.23. The second-order valence-corrected chi connectivity index (χ2v) is 5.00. The van der Waals surface area contributed by atoms with E-state index in [-0.39, 0.29) is 5.82 Å². The first-order chi connectivity index (χ1) is 8.66. The standard InChI is InChI=1S/C14H17FN2O/c1-9-7-11-3-6-18-14(11)13(12(9)15)17-5-4-16-10(2)8-17/h3,6-7,10,16H,4-5,8H2,1-2H3/t10-/m0/s1. The van der Waals surface area contributed by atoms with E-state index in [1.54, 1.807) is 13.2 Å². The maximum Gasteiger partial charge on any atom is 0.160 e. The Balaban J connectivity index is 2.14. The maximum absolute atomic E-state index is 14.4. The van der Waals surface area contributed by atoms with Gasteiger partial charge < -0.3 is 14.6 Å². The zero-order valence-corrected chi connectivity index (χ0v) is 10.7. The number of benzene rings is 1. The van der Waals surface area contributed by atoms with Gasteiger partial charge in [-0.1, -0.05) is 0 Å². The number of rotatable bonds is 1. The van der Waals surface area contributed by atoms with Crippen LogP contribution < -0.4 is 10.2 Å². The molecule has 1 aromatic heterocycles. The number of piperazine rings is 1. The third-order valence-corrected chi connectivity index (χ3v) is 3.52. The van der Waals surface area contributed by atoms with Gasteiger partial charge in [-0.05, 0) is 31.5 Å². The summed E-state index contributed by atoms with van der Waals surface area (Å²) in [4.78, 5) is 2.08. The molecule has 0 bridgehead atoms. The van der Waals surface area contributed by atoms with Crippen molar-refractivity contribution in [3.63, 3.8) is 0 Å². The number of fused-ring (bicyclic) bond motifs is 1. The van der Waals surface area contributed by atoms with Crippen molar-refractivity contribution in [3.8, 4) is 0 Å². The van der Waals surface area contributed by atoms with E-state index in [4.69, 9.17) is 4.42 Å². The van der Waals surface area contributed by atoms with Crippen molar-refractivity contribution in [3.05, 3.63) is 29.8 Å². The molecule has 0 saturated carbocycles. The SMILES string of the molecule is Cc1cc2ccoc2c(N2CCN[C@@H](C)C2)c1F. The Morgan fingerprint density at radius 2 is 2.33 bits per heavy atom. The monoisotopic (exact) mass is 248 g/mol. The Bertz CT molecular complexity index is 578. The molecule has 1 saturated heterocycles. The Morgan fingerprint density at radius 3 is 3.11 bits per heavy atom. The van der Waals surface area contributed by atoms with E-state index < -0.39 is 0 Å². The molecule has 1 aliphatic rings. The fraction of sp³-hybridized carbons (Fsp3) is 0.429. The number of furan rings is 1. The normalized spacial score (nSPS) is 20.6. The Kier molecular flexibility index (Phi) is 2.74. The summed E-state index contributed by atoms with van der Waals surface area (Å²) in [5.41, 5.74) is 1.95. The largest absolute Gasteiger partial charge is 0.462 e. The molecule has 3 nitrogen and oxygen atoms in total. The average Bonchev–Trinajstić information content (AvgIpc) is 2.78. The summed E-state index contributed by atoms with van der Waals surface area (Å²) < 4.78 is 19.9. The van der Waals surface area contributed by atoms with Gasteiger partial charge in [0.15, 0.2) is 11.4 Å². The summed E-state index contributed by atoms with van der Waals surface area (Å²) in [6, 6.07) is 4.09. The molecule has 0 aliphatic carbocycles. The molecule has 2 heterocycles. The Labute approximate surface area is 106 Å². The number of hydrogen-bond donors (Lipinski definition) is 1. The van der Waals surface area contributed by atoms with Crippen LogP contribution >= 0.6 is 0 Å². The first-order valence-electron chi connectivity index (χ1n) is 6.31. The van der Waals surface area contributed by atoms with Gasteiger partial charge in [-0.25, -0.2) is 4.39 Å². The molecule has 96 valence electrons. The smallest absolute Gasteiger partial charge is 0.160 e. The molecule has 2 aromatic rings. The third kappa shape index (κ3) is 1.77. The highest BCUT2D eigenvalue weighted by atomic mass is 19.1. The van der Waals surface area contributed by atoms with E-state index in [9.17, 15) is 4.39 Å². The molecule has 1 fully saturated rings. The van der Waals surface area contributed by atoms with Gasteiger partial charge in [-0.2, -0.15) is 0 Å². The van der Waals surface area contributed by atoms with Crippen LogP contribution in [0.5, 0.6) is 0 Å². The highest BCUT2D eigenvalue weighted by molar-refractivity contribution is 5.90. The van der Waals surface area contributed by atoms with Crippen LogP contribution in [0, 0.1) is 12.7 Å². The van der Waals surface area contributed by atoms with Gasteiger partial charge in [0.05, 0.1) is 6.26 Å². The minimum Gasteiger partial charge on any atom is -0.462 e. The lowest BCUT2D eigenvalue weighted by Gasteiger charge is -2.34. The first-order valence-corrected chi connectivity index (χ1v) is 6.31. The summed E-state index contributed by atoms with van der Waals surface area (Å²) in [5.74, 6) is -0.161. The van der Waals surface area contributed by atoms with Crippen molar-refractivity contribution in [2.45, 2.75) is 19.9 Å². The Hall–Kier alpha value is -1.55. The maximum atomic E-state index is 14.4. The van der Waals surface area contributed by atoms with E-state index in [1.807, 2.05) is 12.1 Å². The summed E-state index contributed by atoms with van der Waals surface area (Å²) in [7, 11) is 0. The third-order valence-electron chi connectivity index (χ3n) is 3.52. The second kappa shape index (κ2) is 4.28. The molecule has 1 aromatic carbocycles. The van der Waals surface area contributed by atoms with Crippen LogP contribution in [0.25, 0.3) is 11.0 Å². The summed E-state index contributed by atoms with van der Waals surface area (Å²) in [6.07, 6.45) is 1.62. The number of nitrogens with zero attached hydrogens (tertiary/aromatic N) is 1. The van der Waals surface area contributed by atoms with E-state index in [1.165, 1.54) is 0 Å². The first kappa shape index (κ1) is 11.5. The summed E-state index contributed by atoms with van der Waals surface area (Å²) in [6.45, 7) is 6.39. The van der Waals surface area contributed by atoms with Crippen LogP contribution in [0.15, 0.2) is 22.8 Å². The molecule has 1 atom stereocenters. The predicted octanol–water partition coefficient (Wildman–Crippen LogP) is 2.68. The van der Waals surface area contributed by atoms with E-state index >= 15 is 0 Å². The quantitative estimate of drug-likeness (QED) is 0.841. The van der Waals surface area contributed by atoms with Crippen LogP contribution in [-0.2, 0) is 0 Å². The van der Waals surface area contributed by atoms with Crippen LogP contribution in [0.1, 0.15) is 12.5 Å². The topological polar surface area (TPSA) is 28.4 Å². The minimum atomic E-state index is -0.161. The minimum absolute atomic E-state index is 0.161. The van der Waals surface area contributed by atoms with Crippen LogP contribution in [-0.4, -0.2) is 25.7 Å². The van der Waals surface area contributed by atoms with E-state index in [2.05, 4.69) is 17.1 Å². The lowest BCUT2D eigenvalue weighted by Crippen LogP contribution is -2.49. The van der Waals surface area contributed by atoms with Crippen molar-refractivity contribution in [2.75, 3.05) is 24.5 Å². The molecular formula is C14H17FN2O. The van der Waals surface area contributed by atoms with Crippen molar-refractivity contribution >= 4 is 16.7 Å². The molecule has 3 rings (SSSR count). The molecule has 1 N–H and O–H groups in total. The molecule has 18 heavy (non-hydrogen) atoms. The summed E-state index contributed by atoms with van der Waals surface area (Å²) in [5, 5.41) is 4.33. The lowest BCUT2D eigenvalue weighted by molar-refractivity contribution is 0.476. The molecule has 4 heteroatoms. The van der Waals surface area contributed by atoms with Gasteiger partial charge >= 0.3 is 0 Å². The van der Waals surface area contributed by atoms with Gasteiger partial charge in [-0.15, -0.1) is 0 Å². The molecule has 0 radical (unpaired) electrons. The highest BCUT2D eigenvalue weighted by Crippen LogP contribution is 2.33. The molecule has 1 aliphatic heterocycles. The number of nitrogens with one attached hydrogen (secondary N) is 1. The molecular weight excluding hydrogens is 231 g/mol. The fourth-order valence-electron chi connectivity index (χ4n) is 2.63.